The molecule has 0 spiro atoms. The maximum absolute atomic E-state index is 11.8. The van der Waals surface area contributed by atoms with Gasteiger partial charge in [-0.3, -0.25) is 4.79 Å². The molecule has 0 aromatic rings. The van der Waals surface area contributed by atoms with Crippen molar-refractivity contribution in [2.45, 2.75) is 109 Å². The molecule has 0 bridgehead atoms. The van der Waals surface area contributed by atoms with Gasteiger partial charge in [0.1, 0.15) is 6.04 Å². The summed E-state index contributed by atoms with van der Waals surface area (Å²) in [5.74, 6) is -0.632. The first-order chi connectivity index (χ1) is 12.1. The summed E-state index contributed by atoms with van der Waals surface area (Å²) >= 11 is 0. The number of aliphatic hydroxyl groups excluding tert-OH is 1. The molecule has 2 atom stereocenters. The zero-order chi connectivity index (χ0) is 18.3. The summed E-state index contributed by atoms with van der Waals surface area (Å²) in [4.78, 5) is 23.1. The van der Waals surface area contributed by atoms with Crippen molar-refractivity contribution in [2.75, 3.05) is 6.61 Å². The Bertz CT molecular complexity index is 373. The summed E-state index contributed by atoms with van der Waals surface area (Å²) in [6.07, 6.45) is 14.6. The lowest BCUT2D eigenvalue weighted by molar-refractivity contribution is -0.141. The van der Waals surface area contributed by atoms with Gasteiger partial charge in [0.25, 0.3) is 0 Å². The van der Waals surface area contributed by atoms with Crippen LogP contribution in [0.15, 0.2) is 0 Å². The molecule has 2 N–H and O–H groups in total. The fourth-order valence-electron chi connectivity index (χ4n) is 3.24. The molecule has 1 fully saturated rings. The summed E-state index contributed by atoms with van der Waals surface area (Å²) in [6, 6.07) is -0.526. The lowest BCUT2D eigenvalue weighted by atomic mass is 10.0. The highest BCUT2D eigenvalue weighted by Gasteiger charge is 2.28. The molecular formula is C20H37NO4. The molecule has 25 heavy (non-hydrogen) atoms. The molecule has 1 heterocycles. The van der Waals surface area contributed by atoms with E-state index < -0.39 is 12.1 Å². The number of hydrogen-bond donors (Lipinski definition) is 2. The third kappa shape index (κ3) is 11.2. The first-order valence-corrected chi connectivity index (χ1v) is 10.3. The van der Waals surface area contributed by atoms with Crippen LogP contribution in [0.3, 0.4) is 0 Å². The van der Waals surface area contributed by atoms with Crippen LogP contribution in [0.2, 0.25) is 0 Å². The average Bonchev–Trinajstić information content (AvgIpc) is 2.97. The monoisotopic (exact) mass is 355 g/mol. The van der Waals surface area contributed by atoms with E-state index in [4.69, 9.17) is 4.74 Å². The van der Waals surface area contributed by atoms with Crippen LogP contribution >= 0.6 is 0 Å². The van der Waals surface area contributed by atoms with Gasteiger partial charge in [-0.15, -0.1) is 0 Å². The van der Waals surface area contributed by atoms with Gasteiger partial charge in [-0.25, -0.2) is 4.79 Å². The molecule has 5 nitrogen and oxygen atoms in total. The van der Waals surface area contributed by atoms with E-state index in [0.29, 0.717) is 19.4 Å². The Kier molecular flexibility index (Phi) is 12.4. The largest absolute Gasteiger partial charge is 0.464 e. The van der Waals surface area contributed by atoms with Gasteiger partial charge in [0.2, 0.25) is 5.91 Å². The van der Waals surface area contributed by atoms with Crippen LogP contribution in [0.1, 0.15) is 96.8 Å². The van der Waals surface area contributed by atoms with Crippen LogP contribution in [-0.4, -0.2) is 35.7 Å². The lowest BCUT2D eigenvalue weighted by Gasteiger charge is -2.12. The van der Waals surface area contributed by atoms with Crippen molar-refractivity contribution >= 4 is 11.9 Å². The quantitative estimate of drug-likeness (QED) is 0.345. The SMILES string of the molecule is CCCCCCCCCCCCCC(O)CC(=O)NC1CCOC1=O. The Morgan fingerprint density at radius 2 is 1.64 bits per heavy atom. The van der Waals surface area contributed by atoms with Crippen LogP contribution in [-0.2, 0) is 14.3 Å². The van der Waals surface area contributed by atoms with Gasteiger partial charge in [0, 0.05) is 6.42 Å². The summed E-state index contributed by atoms with van der Waals surface area (Å²) < 4.78 is 4.80. The standard InChI is InChI=1S/C20H37NO4/c1-2-3-4-5-6-7-8-9-10-11-12-13-17(22)16-19(23)21-18-14-15-25-20(18)24/h17-18,22H,2-16H2,1H3,(H,21,23). The number of aliphatic hydroxyl groups is 1. The molecule has 1 aliphatic heterocycles. The molecular weight excluding hydrogens is 318 g/mol. The molecule has 2 unspecified atom stereocenters. The minimum Gasteiger partial charge on any atom is -0.464 e. The van der Waals surface area contributed by atoms with Crippen molar-refractivity contribution in [3.63, 3.8) is 0 Å². The highest BCUT2D eigenvalue weighted by Crippen LogP contribution is 2.13. The zero-order valence-electron chi connectivity index (χ0n) is 15.9. The number of rotatable bonds is 15. The van der Waals surface area contributed by atoms with Gasteiger partial charge in [0.15, 0.2) is 0 Å². The highest BCUT2D eigenvalue weighted by atomic mass is 16.5. The number of esters is 1. The van der Waals surface area contributed by atoms with E-state index in [9.17, 15) is 14.7 Å². The van der Waals surface area contributed by atoms with Crippen LogP contribution in [0.5, 0.6) is 0 Å². The second kappa shape index (κ2) is 14.1. The van der Waals surface area contributed by atoms with E-state index in [2.05, 4.69) is 12.2 Å². The number of amides is 1. The molecule has 5 heteroatoms. The number of hydrogen-bond acceptors (Lipinski definition) is 4. The molecule has 0 saturated carbocycles. The van der Waals surface area contributed by atoms with Gasteiger partial charge < -0.3 is 15.2 Å². The van der Waals surface area contributed by atoms with Gasteiger partial charge in [0.05, 0.1) is 19.1 Å². The molecule has 1 aliphatic rings. The summed E-state index contributed by atoms with van der Waals surface area (Å²) in [5, 5.41) is 12.6. The minimum atomic E-state index is -0.615. The fraction of sp³-hybridized carbons (Fsp3) is 0.900. The van der Waals surface area contributed by atoms with E-state index in [0.717, 1.165) is 12.8 Å². The number of unbranched alkanes of at least 4 members (excludes halogenated alkanes) is 10. The fourth-order valence-corrected chi connectivity index (χ4v) is 3.24. The van der Waals surface area contributed by atoms with Crippen LogP contribution in [0, 0.1) is 0 Å². The first-order valence-electron chi connectivity index (χ1n) is 10.3. The van der Waals surface area contributed by atoms with Crippen molar-refractivity contribution in [1.82, 2.24) is 5.32 Å². The molecule has 0 aromatic heterocycles. The molecule has 1 amide bonds. The van der Waals surface area contributed by atoms with Gasteiger partial charge >= 0.3 is 5.97 Å². The summed E-state index contributed by atoms with van der Waals surface area (Å²) in [6.45, 7) is 2.61. The molecule has 1 saturated heterocycles. The maximum atomic E-state index is 11.8. The summed E-state index contributed by atoms with van der Waals surface area (Å²) in [7, 11) is 0. The number of cyclic esters (lactones) is 1. The van der Waals surface area contributed by atoms with E-state index in [-0.39, 0.29) is 18.3 Å². The third-order valence-electron chi connectivity index (χ3n) is 4.83. The second-order valence-corrected chi connectivity index (χ2v) is 7.26. The predicted molar refractivity (Wildman–Crippen MR) is 99.2 cm³/mol. The molecule has 146 valence electrons. The van der Waals surface area contributed by atoms with Crippen molar-refractivity contribution in [3.8, 4) is 0 Å². The predicted octanol–water partition coefficient (Wildman–Crippen LogP) is 3.87. The molecule has 0 radical (unpaired) electrons. The molecule has 0 aliphatic carbocycles. The Balaban J connectivity index is 1.89. The number of carbonyl (C=O) groups excluding carboxylic acids is 2. The first kappa shape index (κ1) is 21.9. The zero-order valence-corrected chi connectivity index (χ0v) is 15.9. The van der Waals surface area contributed by atoms with Crippen LogP contribution in [0.25, 0.3) is 0 Å². The maximum Gasteiger partial charge on any atom is 0.328 e. The minimum absolute atomic E-state index is 0.0710. The summed E-state index contributed by atoms with van der Waals surface area (Å²) in [5.41, 5.74) is 0. The van der Waals surface area contributed by atoms with Gasteiger partial charge in [-0.05, 0) is 6.42 Å². The second-order valence-electron chi connectivity index (χ2n) is 7.26. The highest BCUT2D eigenvalue weighted by molar-refractivity contribution is 5.85. The smallest absolute Gasteiger partial charge is 0.328 e. The van der Waals surface area contributed by atoms with Crippen LogP contribution in [0.4, 0.5) is 0 Å². The molecule has 1 rings (SSSR count). The Morgan fingerprint density at radius 1 is 1.08 bits per heavy atom. The normalized spacial score (nSPS) is 18.2. The van der Waals surface area contributed by atoms with Crippen LogP contribution < -0.4 is 5.32 Å². The van der Waals surface area contributed by atoms with E-state index in [1.807, 2.05) is 0 Å². The van der Waals surface area contributed by atoms with E-state index in [1.165, 1.54) is 57.8 Å². The number of carbonyl (C=O) groups is 2. The van der Waals surface area contributed by atoms with Gasteiger partial charge in [-0.2, -0.15) is 0 Å². The van der Waals surface area contributed by atoms with Crippen molar-refractivity contribution in [1.29, 1.82) is 0 Å². The van der Waals surface area contributed by atoms with Crippen molar-refractivity contribution < 1.29 is 19.4 Å². The van der Waals surface area contributed by atoms with Crippen molar-refractivity contribution in [2.24, 2.45) is 0 Å². The lowest BCUT2D eigenvalue weighted by Crippen LogP contribution is -2.39. The van der Waals surface area contributed by atoms with E-state index >= 15 is 0 Å². The van der Waals surface area contributed by atoms with Gasteiger partial charge in [-0.1, -0.05) is 77.6 Å². The third-order valence-corrected chi connectivity index (χ3v) is 4.83. The topological polar surface area (TPSA) is 75.6 Å². The number of ether oxygens (including phenoxy) is 1. The van der Waals surface area contributed by atoms with E-state index in [1.54, 1.807) is 0 Å². The average molecular weight is 356 g/mol. The van der Waals surface area contributed by atoms with Crippen molar-refractivity contribution in [3.05, 3.63) is 0 Å². The number of nitrogens with one attached hydrogen (secondary N) is 1. The molecule has 0 aromatic carbocycles. The Morgan fingerprint density at radius 3 is 2.16 bits per heavy atom. The Hall–Kier alpha value is -1.10. The Labute approximate surface area is 152 Å².